The molecule has 4 N–H and O–H groups in total. The zero-order chi connectivity index (χ0) is 38.8. The first-order valence-electron chi connectivity index (χ1n) is 17.2. The summed E-state index contributed by atoms with van der Waals surface area (Å²) in [6, 6.07) is 18.6. The third-order valence-electron chi connectivity index (χ3n) is 9.63. The minimum atomic E-state index is -4.40. The van der Waals surface area contributed by atoms with E-state index in [9.17, 15) is 35.5 Å². The topological polar surface area (TPSA) is 203 Å². The van der Waals surface area contributed by atoms with Crippen LogP contribution in [0.4, 0.5) is 0 Å². The number of fused-ring (bicyclic) bond motifs is 6. The standard InChI is InChI=1S/C37H34N6O8S4/c1-20-4-8-22(9-5-20)18-42-34-24-16-30(54(46,47)48)52-28(24)14-26(34)32(40-42)36(44)38-12-3-13-39-37(45)33-27-15-29-25(17-31(53-29)55(49,50)51)35(27)43(41-33)19-23-10-6-21(2)7-11-23/h4-11,16-17H,3,12-15,18-19H2,1-2H3,(H,38,44)(H,39,45)(H,46,47,48)(H,49,50,51). The molecule has 18 heteroatoms. The van der Waals surface area contributed by atoms with Crippen molar-refractivity contribution in [2.45, 2.75) is 54.6 Å². The highest BCUT2D eigenvalue weighted by molar-refractivity contribution is 7.88. The minimum absolute atomic E-state index is 0.162. The zero-order valence-electron chi connectivity index (χ0n) is 29.5. The van der Waals surface area contributed by atoms with Crippen LogP contribution in [0, 0.1) is 13.8 Å². The molecule has 0 unspecified atom stereocenters. The molecule has 0 bridgehead atoms. The van der Waals surface area contributed by atoms with Crippen LogP contribution in [0.1, 0.15) is 70.5 Å². The van der Waals surface area contributed by atoms with Crippen LogP contribution in [0.5, 0.6) is 0 Å². The molecule has 14 nitrogen and oxygen atoms in total. The van der Waals surface area contributed by atoms with Crippen molar-refractivity contribution in [3.8, 4) is 22.5 Å². The molecular weight excluding hydrogens is 785 g/mol. The van der Waals surface area contributed by atoms with Crippen LogP contribution >= 0.6 is 22.7 Å². The van der Waals surface area contributed by atoms with E-state index < -0.39 is 32.1 Å². The molecule has 6 aromatic rings. The molecule has 0 spiro atoms. The number of carbonyl (C=O) groups is 2. The van der Waals surface area contributed by atoms with Crippen LogP contribution in [0.3, 0.4) is 0 Å². The molecule has 2 aliphatic rings. The van der Waals surface area contributed by atoms with Crippen molar-refractivity contribution >= 4 is 54.7 Å². The fraction of sp³-hybridized carbons (Fsp3) is 0.243. The summed E-state index contributed by atoms with van der Waals surface area (Å²) in [4.78, 5) is 28.5. The van der Waals surface area contributed by atoms with Crippen molar-refractivity contribution in [1.29, 1.82) is 0 Å². The molecule has 2 aliphatic carbocycles. The lowest BCUT2D eigenvalue weighted by Gasteiger charge is -2.07. The molecule has 0 saturated carbocycles. The van der Waals surface area contributed by atoms with Crippen molar-refractivity contribution in [3.63, 3.8) is 0 Å². The minimum Gasteiger partial charge on any atom is -0.351 e. The summed E-state index contributed by atoms with van der Waals surface area (Å²) in [5, 5.41) is 15.1. The van der Waals surface area contributed by atoms with Gasteiger partial charge >= 0.3 is 20.2 Å². The Morgan fingerprint density at radius 2 is 1.05 bits per heavy atom. The first-order chi connectivity index (χ1) is 26.1. The number of carbonyl (C=O) groups excluding carboxylic acids is 2. The number of benzene rings is 2. The van der Waals surface area contributed by atoms with Gasteiger partial charge in [0.25, 0.3) is 11.8 Å². The van der Waals surface area contributed by atoms with E-state index in [1.165, 1.54) is 12.1 Å². The average molecular weight is 819 g/mol. The number of thiophene rings is 2. The van der Waals surface area contributed by atoms with Gasteiger partial charge in [0.1, 0.15) is 8.42 Å². The van der Waals surface area contributed by atoms with Crippen molar-refractivity contribution in [3.05, 3.63) is 115 Å². The fourth-order valence-corrected chi connectivity index (χ4v) is 10.8. The third-order valence-corrected chi connectivity index (χ3v) is 14.5. The maximum absolute atomic E-state index is 13.5. The van der Waals surface area contributed by atoms with Crippen LogP contribution < -0.4 is 10.6 Å². The molecule has 0 atom stereocenters. The molecule has 55 heavy (non-hydrogen) atoms. The summed E-state index contributed by atoms with van der Waals surface area (Å²) < 4.78 is 70.0. The Morgan fingerprint density at radius 3 is 1.42 bits per heavy atom. The summed E-state index contributed by atoms with van der Waals surface area (Å²) in [6.45, 7) is 5.11. The lowest BCUT2D eigenvalue weighted by Crippen LogP contribution is -2.31. The third kappa shape index (κ3) is 7.16. The van der Waals surface area contributed by atoms with Crippen molar-refractivity contribution in [2.24, 2.45) is 0 Å². The summed E-state index contributed by atoms with van der Waals surface area (Å²) in [6.07, 6.45) is 0.983. The van der Waals surface area contributed by atoms with Crippen LogP contribution in [0.2, 0.25) is 0 Å². The summed E-state index contributed by atoms with van der Waals surface area (Å²) >= 11 is 1.94. The molecule has 2 aromatic carbocycles. The zero-order valence-corrected chi connectivity index (χ0v) is 32.8. The van der Waals surface area contributed by atoms with Gasteiger partial charge < -0.3 is 10.6 Å². The maximum Gasteiger partial charge on any atom is 0.304 e. The normalized spacial score (nSPS) is 13.0. The highest BCUT2D eigenvalue weighted by Gasteiger charge is 2.35. The van der Waals surface area contributed by atoms with Gasteiger partial charge in [0, 0.05) is 57.9 Å². The maximum atomic E-state index is 13.5. The molecule has 4 aromatic heterocycles. The van der Waals surface area contributed by atoms with Gasteiger partial charge in [-0.3, -0.25) is 28.1 Å². The molecule has 0 radical (unpaired) electrons. The number of aryl methyl sites for hydroxylation is 2. The Kier molecular flexibility index (Phi) is 9.38. The van der Waals surface area contributed by atoms with E-state index in [4.69, 9.17) is 0 Å². The Bertz CT molecular complexity index is 2550. The van der Waals surface area contributed by atoms with Crippen molar-refractivity contribution in [1.82, 2.24) is 30.2 Å². The van der Waals surface area contributed by atoms with Crippen LogP contribution in [-0.4, -0.2) is 70.4 Å². The van der Waals surface area contributed by atoms with Gasteiger partial charge in [-0.15, -0.1) is 22.7 Å². The predicted octanol–water partition coefficient (Wildman–Crippen LogP) is 5.10. The molecule has 284 valence electrons. The van der Waals surface area contributed by atoms with Gasteiger partial charge in [0.15, 0.2) is 11.4 Å². The first-order valence-corrected chi connectivity index (χ1v) is 21.7. The van der Waals surface area contributed by atoms with E-state index >= 15 is 0 Å². The smallest absolute Gasteiger partial charge is 0.304 e. The van der Waals surface area contributed by atoms with Gasteiger partial charge in [-0.05, 0) is 43.5 Å². The van der Waals surface area contributed by atoms with E-state index in [0.29, 0.717) is 66.0 Å². The number of nitrogens with zero attached hydrogens (tertiary/aromatic N) is 4. The molecule has 4 heterocycles. The Morgan fingerprint density at radius 1 is 0.673 bits per heavy atom. The Labute approximate surface area is 324 Å². The highest BCUT2D eigenvalue weighted by Crippen LogP contribution is 2.46. The van der Waals surface area contributed by atoms with Gasteiger partial charge in [0.2, 0.25) is 0 Å². The molecule has 0 fully saturated rings. The van der Waals surface area contributed by atoms with Gasteiger partial charge in [-0.25, -0.2) is 0 Å². The highest BCUT2D eigenvalue weighted by atomic mass is 32.3. The van der Waals surface area contributed by atoms with E-state index in [2.05, 4.69) is 20.8 Å². The van der Waals surface area contributed by atoms with Crippen molar-refractivity contribution < 1.29 is 35.5 Å². The predicted molar refractivity (Wildman–Crippen MR) is 206 cm³/mol. The number of amides is 2. The number of hydrogen-bond acceptors (Lipinski definition) is 10. The summed E-state index contributed by atoms with van der Waals surface area (Å²) in [5.74, 6) is -0.808. The number of aromatic nitrogens is 4. The quantitative estimate of drug-likeness (QED) is 0.0949. The lowest BCUT2D eigenvalue weighted by molar-refractivity contribution is 0.0944. The second-order valence-electron chi connectivity index (χ2n) is 13.6. The van der Waals surface area contributed by atoms with E-state index in [0.717, 1.165) is 54.7 Å². The molecular formula is C37H34N6O8S4. The van der Waals surface area contributed by atoms with Gasteiger partial charge in [-0.2, -0.15) is 27.0 Å². The van der Waals surface area contributed by atoms with Crippen LogP contribution in [-0.2, 0) is 46.2 Å². The van der Waals surface area contributed by atoms with Gasteiger partial charge in [0.05, 0.1) is 24.5 Å². The monoisotopic (exact) mass is 818 g/mol. The van der Waals surface area contributed by atoms with E-state index in [-0.39, 0.29) is 32.9 Å². The first kappa shape index (κ1) is 37.0. The molecule has 8 rings (SSSR count). The summed E-state index contributed by atoms with van der Waals surface area (Å²) in [5.41, 5.74) is 8.39. The lowest BCUT2D eigenvalue weighted by atomic mass is 10.1. The van der Waals surface area contributed by atoms with Crippen LogP contribution in [0.15, 0.2) is 69.1 Å². The SMILES string of the molecule is Cc1ccc(Cn2nc(C(=O)NCCCNC(=O)c3nn(Cc4ccc(C)cc4)c4c3Cc3sc(S(=O)(=O)O)cc3-4)c3c2-c2cc(S(=O)(=O)O)sc2C3)cc1. The van der Waals surface area contributed by atoms with E-state index in [1.54, 1.807) is 9.36 Å². The number of nitrogens with one attached hydrogen (secondary N) is 2. The summed E-state index contributed by atoms with van der Waals surface area (Å²) in [7, 11) is -8.79. The Hall–Kier alpha value is -4.98. The largest absolute Gasteiger partial charge is 0.351 e. The van der Waals surface area contributed by atoms with Gasteiger partial charge in [-0.1, -0.05) is 59.7 Å². The molecule has 0 saturated heterocycles. The second-order valence-corrected chi connectivity index (χ2v) is 19.2. The Balaban J connectivity index is 0.957. The second kappa shape index (κ2) is 13.9. The van der Waals surface area contributed by atoms with Crippen molar-refractivity contribution in [2.75, 3.05) is 13.1 Å². The van der Waals surface area contributed by atoms with Crippen LogP contribution in [0.25, 0.3) is 22.5 Å². The fourth-order valence-electron chi connectivity index (χ4n) is 6.97. The molecule has 0 aliphatic heterocycles. The number of hydrogen-bond donors (Lipinski definition) is 4. The molecule has 2 amide bonds. The average Bonchev–Trinajstić information content (AvgIpc) is 3.95. The van der Waals surface area contributed by atoms with E-state index in [1.807, 2.05) is 62.4 Å². The number of rotatable bonds is 12.